The van der Waals surface area contributed by atoms with Crippen LogP contribution in [0, 0.1) is 11.7 Å². The zero-order valence-corrected chi connectivity index (χ0v) is 17.0. The van der Waals surface area contributed by atoms with Gasteiger partial charge in [-0.15, -0.1) is 0 Å². The van der Waals surface area contributed by atoms with Crippen molar-refractivity contribution in [2.45, 2.75) is 53.1 Å². The third-order valence-electron chi connectivity index (χ3n) is 4.20. The van der Waals surface area contributed by atoms with Gasteiger partial charge in [0.25, 0.3) is 0 Å². The number of nitrogens with one attached hydrogen (secondary N) is 1. The fourth-order valence-corrected chi connectivity index (χ4v) is 2.91. The normalized spacial score (nSPS) is 11.0. The molecule has 0 aromatic heterocycles. The van der Waals surface area contributed by atoms with Crippen LogP contribution in [0.25, 0.3) is 0 Å². The van der Waals surface area contributed by atoms with Crippen LogP contribution < -0.4 is 10.2 Å². The SMILES string of the molecule is CC(C)CC(=O)N(Cc1ccc(F)cc1)c1ccc(CC(=O)NC(C)C)cc1. The molecule has 0 atom stereocenters. The second-order valence-electron chi connectivity index (χ2n) is 7.77. The van der Waals surface area contributed by atoms with Gasteiger partial charge >= 0.3 is 0 Å². The number of carbonyl (C=O) groups is 2. The van der Waals surface area contributed by atoms with E-state index in [9.17, 15) is 14.0 Å². The summed E-state index contributed by atoms with van der Waals surface area (Å²) in [6.45, 7) is 8.23. The monoisotopic (exact) mass is 384 g/mol. The van der Waals surface area contributed by atoms with Gasteiger partial charge in [-0.2, -0.15) is 0 Å². The Balaban J connectivity index is 2.18. The van der Waals surface area contributed by atoms with E-state index in [0.717, 1.165) is 16.8 Å². The maximum atomic E-state index is 13.2. The van der Waals surface area contributed by atoms with E-state index in [-0.39, 0.29) is 29.6 Å². The zero-order valence-electron chi connectivity index (χ0n) is 17.0. The van der Waals surface area contributed by atoms with Gasteiger partial charge in [-0.05, 0) is 55.2 Å². The van der Waals surface area contributed by atoms with Gasteiger partial charge in [-0.3, -0.25) is 9.59 Å². The highest BCUT2D eigenvalue weighted by atomic mass is 19.1. The Kier molecular flexibility index (Phi) is 7.73. The van der Waals surface area contributed by atoms with Crippen LogP contribution in [0.2, 0.25) is 0 Å². The number of hydrogen-bond acceptors (Lipinski definition) is 2. The van der Waals surface area contributed by atoms with E-state index < -0.39 is 0 Å². The fourth-order valence-electron chi connectivity index (χ4n) is 2.91. The largest absolute Gasteiger partial charge is 0.354 e. The standard InChI is InChI=1S/C23H29FN2O2/c1-16(2)13-23(28)26(15-19-5-9-20(24)10-6-19)21-11-7-18(8-12-21)14-22(27)25-17(3)4/h5-12,16-17H,13-15H2,1-4H3,(H,25,27). The minimum Gasteiger partial charge on any atom is -0.354 e. The maximum absolute atomic E-state index is 13.2. The van der Waals surface area contributed by atoms with Crippen molar-refractivity contribution in [1.82, 2.24) is 5.32 Å². The van der Waals surface area contributed by atoms with E-state index >= 15 is 0 Å². The van der Waals surface area contributed by atoms with Crippen molar-refractivity contribution < 1.29 is 14.0 Å². The first-order valence-corrected chi connectivity index (χ1v) is 9.67. The molecule has 150 valence electrons. The summed E-state index contributed by atoms with van der Waals surface area (Å²) in [5, 5.41) is 2.87. The highest BCUT2D eigenvalue weighted by Gasteiger charge is 2.18. The molecule has 0 saturated heterocycles. The number of nitrogens with zero attached hydrogens (tertiary/aromatic N) is 1. The van der Waals surface area contributed by atoms with Crippen molar-refractivity contribution in [2.24, 2.45) is 5.92 Å². The molecule has 0 saturated carbocycles. The van der Waals surface area contributed by atoms with Gasteiger partial charge in [-0.1, -0.05) is 38.1 Å². The first-order valence-electron chi connectivity index (χ1n) is 9.67. The lowest BCUT2D eigenvalue weighted by Gasteiger charge is -2.24. The van der Waals surface area contributed by atoms with Crippen LogP contribution in [-0.2, 0) is 22.6 Å². The molecule has 0 aliphatic rings. The topological polar surface area (TPSA) is 49.4 Å². The van der Waals surface area contributed by atoms with Crippen LogP contribution in [0.3, 0.4) is 0 Å². The molecule has 4 nitrogen and oxygen atoms in total. The summed E-state index contributed by atoms with van der Waals surface area (Å²) in [4.78, 5) is 26.4. The molecular weight excluding hydrogens is 355 g/mol. The molecular formula is C23H29FN2O2. The summed E-state index contributed by atoms with van der Waals surface area (Å²) in [5.74, 6) is -0.0681. The maximum Gasteiger partial charge on any atom is 0.227 e. The number of benzene rings is 2. The minimum absolute atomic E-state index is 0.0182. The lowest BCUT2D eigenvalue weighted by molar-refractivity contribution is -0.121. The Morgan fingerprint density at radius 1 is 0.929 bits per heavy atom. The molecule has 0 bridgehead atoms. The highest BCUT2D eigenvalue weighted by molar-refractivity contribution is 5.93. The van der Waals surface area contributed by atoms with Gasteiger partial charge in [0, 0.05) is 18.2 Å². The molecule has 0 heterocycles. The molecule has 2 amide bonds. The predicted octanol–water partition coefficient (Wildman–Crippen LogP) is 4.47. The number of carbonyl (C=O) groups excluding carboxylic acids is 2. The molecule has 0 fully saturated rings. The number of amides is 2. The van der Waals surface area contributed by atoms with Gasteiger partial charge in [0.05, 0.1) is 13.0 Å². The molecule has 0 unspecified atom stereocenters. The van der Waals surface area contributed by atoms with Crippen LogP contribution in [0.15, 0.2) is 48.5 Å². The summed E-state index contributed by atoms with van der Waals surface area (Å²) in [7, 11) is 0. The minimum atomic E-state index is -0.298. The Morgan fingerprint density at radius 2 is 1.50 bits per heavy atom. The third kappa shape index (κ3) is 6.80. The van der Waals surface area contributed by atoms with Crippen LogP contribution >= 0.6 is 0 Å². The van der Waals surface area contributed by atoms with E-state index in [1.165, 1.54) is 12.1 Å². The van der Waals surface area contributed by atoms with E-state index in [2.05, 4.69) is 5.32 Å². The van der Waals surface area contributed by atoms with Gasteiger partial charge in [0.15, 0.2) is 0 Å². The second-order valence-corrected chi connectivity index (χ2v) is 7.77. The predicted molar refractivity (Wildman–Crippen MR) is 110 cm³/mol. The van der Waals surface area contributed by atoms with Crippen LogP contribution in [0.4, 0.5) is 10.1 Å². The zero-order chi connectivity index (χ0) is 20.7. The van der Waals surface area contributed by atoms with Crippen molar-refractivity contribution in [3.8, 4) is 0 Å². The smallest absolute Gasteiger partial charge is 0.227 e. The van der Waals surface area contributed by atoms with Crippen molar-refractivity contribution >= 4 is 17.5 Å². The summed E-state index contributed by atoms with van der Waals surface area (Å²) in [6.07, 6.45) is 0.732. The van der Waals surface area contributed by atoms with Crippen LogP contribution in [-0.4, -0.2) is 17.9 Å². The van der Waals surface area contributed by atoms with E-state index in [4.69, 9.17) is 0 Å². The molecule has 2 aromatic carbocycles. The first kappa shape index (κ1) is 21.6. The first-order chi connectivity index (χ1) is 13.2. The van der Waals surface area contributed by atoms with Gasteiger partial charge in [-0.25, -0.2) is 4.39 Å². The molecule has 0 radical (unpaired) electrons. The average molecular weight is 384 g/mol. The average Bonchev–Trinajstić information content (AvgIpc) is 2.60. The van der Waals surface area contributed by atoms with Crippen LogP contribution in [0.5, 0.6) is 0 Å². The molecule has 0 aliphatic heterocycles. The lowest BCUT2D eigenvalue weighted by atomic mass is 10.1. The lowest BCUT2D eigenvalue weighted by Crippen LogP contribution is -2.32. The summed E-state index contributed by atoms with van der Waals surface area (Å²) in [5.41, 5.74) is 2.52. The van der Waals surface area contributed by atoms with Crippen molar-refractivity contribution in [3.05, 3.63) is 65.5 Å². The molecule has 0 aliphatic carbocycles. The summed E-state index contributed by atoms with van der Waals surface area (Å²) < 4.78 is 13.2. The quantitative estimate of drug-likeness (QED) is 0.730. The Hall–Kier alpha value is -2.69. The molecule has 2 rings (SSSR count). The van der Waals surface area contributed by atoms with E-state index in [0.29, 0.717) is 19.4 Å². The van der Waals surface area contributed by atoms with E-state index in [1.54, 1.807) is 17.0 Å². The fraction of sp³-hybridized carbons (Fsp3) is 0.391. The Bertz CT molecular complexity index is 783. The van der Waals surface area contributed by atoms with Gasteiger partial charge in [0.2, 0.25) is 11.8 Å². The second kappa shape index (κ2) is 10.0. The number of rotatable bonds is 8. The Labute approximate surface area is 166 Å². The molecule has 1 N–H and O–H groups in total. The number of hydrogen-bond donors (Lipinski definition) is 1. The van der Waals surface area contributed by atoms with Gasteiger partial charge in [0.1, 0.15) is 5.82 Å². The summed E-state index contributed by atoms with van der Waals surface area (Å²) >= 11 is 0. The molecule has 28 heavy (non-hydrogen) atoms. The number of halogens is 1. The van der Waals surface area contributed by atoms with Crippen molar-refractivity contribution in [2.75, 3.05) is 4.90 Å². The Morgan fingerprint density at radius 3 is 2.04 bits per heavy atom. The highest BCUT2D eigenvalue weighted by Crippen LogP contribution is 2.21. The van der Waals surface area contributed by atoms with Crippen molar-refractivity contribution in [1.29, 1.82) is 0 Å². The van der Waals surface area contributed by atoms with Gasteiger partial charge < -0.3 is 10.2 Å². The summed E-state index contributed by atoms with van der Waals surface area (Å²) in [6, 6.07) is 13.7. The molecule has 2 aromatic rings. The number of anilines is 1. The molecule has 5 heteroatoms. The molecule has 0 spiro atoms. The third-order valence-corrected chi connectivity index (χ3v) is 4.20. The van der Waals surface area contributed by atoms with Crippen LogP contribution in [0.1, 0.15) is 45.2 Å². The van der Waals surface area contributed by atoms with E-state index in [1.807, 2.05) is 52.0 Å². The van der Waals surface area contributed by atoms with Crippen molar-refractivity contribution in [3.63, 3.8) is 0 Å².